The van der Waals surface area contributed by atoms with Gasteiger partial charge < -0.3 is 8.92 Å². The number of rotatable bonds is 2. The molecule has 1 aliphatic rings. The van der Waals surface area contributed by atoms with E-state index in [1.165, 1.54) is 6.07 Å². The molecule has 0 aromatic heterocycles. The van der Waals surface area contributed by atoms with E-state index >= 15 is 0 Å². The Balaban J connectivity index is 2.39. The van der Waals surface area contributed by atoms with Crippen molar-refractivity contribution in [3.05, 3.63) is 35.7 Å². The minimum absolute atomic E-state index is 0.0382. The topological polar surface area (TPSA) is 52.6 Å². The molecule has 0 radical (unpaired) electrons. The SMILES string of the molecule is O=S(=O)(OC1=CCOc2ccc(F)cc21)C(F)(F)F. The molecular weight excluding hydrogens is 292 g/mol. The van der Waals surface area contributed by atoms with E-state index in [9.17, 15) is 26.0 Å². The van der Waals surface area contributed by atoms with E-state index in [0.29, 0.717) is 0 Å². The van der Waals surface area contributed by atoms with Crippen LogP contribution >= 0.6 is 0 Å². The lowest BCUT2D eigenvalue weighted by Gasteiger charge is -2.19. The van der Waals surface area contributed by atoms with E-state index in [0.717, 1.165) is 18.2 Å². The van der Waals surface area contributed by atoms with Crippen molar-refractivity contribution in [2.75, 3.05) is 6.61 Å². The molecule has 1 aromatic carbocycles. The van der Waals surface area contributed by atoms with Gasteiger partial charge in [-0.3, -0.25) is 0 Å². The second-order valence-electron chi connectivity index (χ2n) is 3.50. The van der Waals surface area contributed by atoms with Crippen LogP contribution in [-0.4, -0.2) is 20.5 Å². The molecule has 0 N–H and O–H groups in total. The quantitative estimate of drug-likeness (QED) is 0.478. The number of fused-ring (bicyclic) bond motifs is 1. The highest BCUT2D eigenvalue weighted by molar-refractivity contribution is 7.87. The van der Waals surface area contributed by atoms with Crippen molar-refractivity contribution in [2.24, 2.45) is 0 Å². The molecule has 9 heteroatoms. The van der Waals surface area contributed by atoms with Crippen molar-refractivity contribution in [3.8, 4) is 5.75 Å². The average molecular weight is 298 g/mol. The number of ether oxygens (including phenoxy) is 1. The Morgan fingerprint density at radius 3 is 2.58 bits per heavy atom. The Morgan fingerprint density at radius 1 is 1.26 bits per heavy atom. The summed E-state index contributed by atoms with van der Waals surface area (Å²) in [6, 6.07) is 3.02. The van der Waals surface area contributed by atoms with Crippen LogP contribution in [0.15, 0.2) is 24.3 Å². The normalized spacial score (nSPS) is 15.3. The molecule has 104 valence electrons. The molecule has 1 aliphatic heterocycles. The van der Waals surface area contributed by atoms with Gasteiger partial charge in [0, 0.05) is 0 Å². The van der Waals surface area contributed by atoms with Crippen LogP contribution in [0.4, 0.5) is 17.6 Å². The number of hydrogen-bond acceptors (Lipinski definition) is 4. The Labute approximate surface area is 105 Å². The monoisotopic (exact) mass is 298 g/mol. The molecule has 0 amide bonds. The number of hydrogen-bond donors (Lipinski definition) is 0. The minimum atomic E-state index is -5.80. The van der Waals surface area contributed by atoms with Crippen LogP contribution in [0, 0.1) is 5.82 Å². The van der Waals surface area contributed by atoms with E-state index in [4.69, 9.17) is 4.74 Å². The third-order valence-corrected chi connectivity index (χ3v) is 3.16. The van der Waals surface area contributed by atoms with Gasteiger partial charge in [0.25, 0.3) is 0 Å². The summed E-state index contributed by atoms with van der Waals surface area (Å²) in [4.78, 5) is 0. The maximum Gasteiger partial charge on any atom is 0.534 e. The summed E-state index contributed by atoms with van der Waals surface area (Å²) in [6.07, 6.45) is 0.977. The van der Waals surface area contributed by atoms with E-state index in [1.54, 1.807) is 0 Å². The summed E-state index contributed by atoms with van der Waals surface area (Å²) in [6.45, 7) is -0.179. The fourth-order valence-electron chi connectivity index (χ4n) is 1.38. The van der Waals surface area contributed by atoms with Gasteiger partial charge in [-0.25, -0.2) is 4.39 Å². The number of halogens is 4. The standard InChI is InChI=1S/C10H6F4O4S/c11-6-1-2-8-7(5-6)9(3-4-17-8)18-19(15,16)10(12,13)14/h1-3,5H,4H2. The summed E-state index contributed by atoms with van der Waals surface area (Å²) in [5.74, 6) is -1.34. The average Bonchev–Trinajstić information content (AvgIpc) is 2.28. The molecule has 0 fully saturated rings. The Hall–Kier alpha value is -1.77. The van der Waals surface area contributed by atoms with Crippen LogP contribution < -0.4 is 4.74 Å². The van der Waals surface area contributed by atoms with Crippen molar-refractivity contribution in [2.45, 2.75) is 5.51 Å². The second-order valence-corrected chi connectivity index (χ2v) is 5.04. The predicted molar refractivity (Wildman–Crippen MR) is 55.9 cm³/mol. The summed E-state index contributed by atoms with van der Waals surface area (Å²) in [7, 11) is -5.80. The van der Waals surface area contributed by atoms with Gasteiger partial charge in [-0.1, -0.05) is 0 Å². The van der Waals surface area contributed by atoms with Crippen molar-refractivity contribution < 1.29 is 34.9 Å². The van der Waals surface area contributed by atoms with Gasteiger partial charge >= 0.3 is 15.6 Å². The van der Waals surface area contributed by atoms with Gasteiger partial charge in [0.05, 0.1) is 5.56 Å². The summed E-state index contributed by atoms with van der Waals surface area (Å²) < 4.78 is 80.4. The summed E-state index contributed by atoms with van der Waals surface area (Å²) in [5.41, 5.74) is -5.75. The van der Waals surface area contributed by atoms with Gasteiger partial charge in [0.15, 0.2) is 5.76 Å². The molecule has 0 saturated carbocycles. The lowest BCUT2D eigenvalue weighted by Crippen LogP contribution is -2.25. The largest absolute Gasteiger partial charge is 0.534 e. The van der Waals surface area contributed by atoms with Crippen molar-refractivity contribution >= 4 is 15.9 Å². The molecule has 4 nitrogen and oxygen atoms in total. The zero-order chi connectivity index (χ0) is 14.3. The lowest BCUT2D eigenvalue weighted by molar-refractivity contribution is -0.0509. The third kappa shape index (κ3) is 2.65. The van der Waals surface area contributed by atoms with E-state index in [1.807, 2.05) is 0 Å². The molecule has 0 bridgehead atoms. The molecular formula is C10H6F4O4S. The van der Waals surface area contributed by atoms with Gasteiger partial charge in [0.1, 0.15) is 18.2 Å². The van der Waals surface area contributed by atoms with Crippen molar-refractivity contribution in [1.29, 1.82) is 0 Å². The Bertz CT molecular complexity index is 633. The highest BCUT2D eigenvalue weighted by Crippen LogP contribution is 2.35. The van der Waals surface area contributed by atoms with Gasteiger partial charge in [-0.15, -0.1) is 0 Å². The fraction of sp³-hybridized carbons (Fsp3) is 0.200. The van der Waals surface area contributed by atoms with E-state index < -0.39 is 27.2 Å². The minimum Gasteiger partial charge on any atom is -0.489 e. The predicted octanol–water partition coefficient (Wildman–Crippen LogP) is 2.43. The molecule has 0 spiro atoms. The first-order valence-electron chi connectivity index (χ1n) is 4.84. The van der Waals surface area contributed by atoms with Gasteiger partial charge in [-0.05, 0) is 24.3 Å². The highest BCUT2D eigenvalue weighted by atomic mass is 32.2. The first-order valence-corrected chi connectivity index (χ1v) is 6.25. The number of alkyl halides is 3. The summed E-state index contributed by atoms with van der Waals surface area (Å²) in [5, 5.41) is 0. The maximum atomic E-state index is 13.0. The van der Waals surface area contributed by atoms with Crippen LogP contribution in [0.2, 0.25) is 0 Å². The van der Waals surface area contributed by atoms with Crippen LogP contribution in [0.5, 0.6) is 5.75 Å². The highest BCUT2D eigenvalue weighted by Gasteiger charge is 2.49. The zero-order valence-electron chi connectivity index (χ0n) is 9.07. The van der Waals surface area contributed by atoms with Crippen molar-refractivity contribution in [1.82, 2.24) is 0 Å². The van der Waals surface area contributed by atoms with Crippen LogP contribution in [0.1, 0.15) is 5.56 Å². The zero-order valence-corrected chi connectivity index (χ0v) is 9.89. The molecule has 2 rings (SSSR count). The first kappa shape index (κ1) is 13.7. The Kier molecular flexibility index (Phi) is 3.17. The van der Waals surface area contributed by atoms with E-state index in [2.05, 4.69) is 4.18 Å². The van der Waals surface area contributed by atoms with Crippen molar-refractivity contribution in [3.63, 3.8) is 0 Å². The molecule has 0 saturated heterocycles. The molecule has 1 heterocycles. The van der Waals surface area contributed by atoms with Crippen LogP contribution in [0.25, 0.3) is 5.76 Å². The van der Waals surface area contributed by atoms with Crippen LogP contribution in [-0.2, 0) is 14.3 Å². The molecule has 0 aliphatic carbocycles. The third-order valence-electron chi connectivity index (χ3n) is 2.20. The lowest BCUT2D eigenvalue weighted by atomic mass is 10.1. The van der Waals surface area contributed by atoms with Gasteiger partial charge in [-0.2, -0.15) is 21.6 Å². The molecule has 19 heavy (non-hydrogen) atoms. The van der Waals surface area contributed by atoms with Gasteiger partial charge in [0.2, 0.25) is 0 Å². The van der Waals surface area contributed by atoms with E-state index in [-0.39, 0.29) is 17.9 Å². The molecule has 1 aromatic rings. The fourth-order valence-corrected chi connectivity index (χ4v) is 1.87. The van der Waals surface area contributed by atoms with Crippen LogP contribution in [0.3, 0.4) is 0 Å². The second kappa shape index (κ2) is 4.41. The molecule has 0 unspecified atom stereocenters. The number of benzene rings is 1. The smallest absolute Gasteiger partial charge is 0.489 e. The Morgan fingerprint density at radius 2 is 1.95 bits per heavy atom. The maximum absolute atomic E-state index is 13.0. The first-order chi connectivity index (χ1) is 8.71. The molecule has 0 atom stereocenters. The summed E-state index contributed by atoms with van der Waals surface area (Å²) >= 11 is 0.